The molecule has 0 amide bonds. The summed E-state index contributed by atoms with van der Waals surface area (Å²) in [5, 5.41) is 0.607. The summed E-state index contributed by atoms with van der Waals surface area (Å²) in [6.45, 7) is 3.94. The van der Waals surface area contributed by atoms with E-state index in [1.807, 2.05) is 26.0 Å². The lowest BCUT2D eigenvalue weighted by molar-refractivity contribution is 0.415. The van der Waals surface area contributed by atoms with E-state index in [0.29, 0.717) is 10.8 Å². The van der Waals surface area contributed by atoms with Gasteiger partial charge in [-0.2, -0.15) is 0 Å². The topological polar surface area (TPSA) is 37.9 Å². The molecule has 0 aliphatic heterocycles. The molecular formula is C12H13ClN2O. The van der Waals surface area contributed by atoms with Gasteiger partial charge in [-0.25, -0.2) is 4.98 Å². The van der Waals surface area contributed by atoms with Gasteiger partial charge >= 0.3 is 0 Å². The number of hydrogen-bond acceptors (Lipinski definition) is 2. The number of H-pyrrole nitrogens is 1. The predicted molar refractivity (Wildman–Crippen MR) is 65.1 cm³/mol. The van der Waals surface area contributed by atoms with Crippen molar-refractivity contribution in [2.24, 2.45) is 0 Å². The molecule has 4 heteroatoms. The number of aryl methyl sites for hydroxylation is 2. The number of methoxy groups -OCH3 is 1. The maximum atomic E-state index is 6.10. The number of ether oxygens (including phenoxy) is 1. The zero-order valence-electron chi connectivity index (χ0n) is 9.47. The molecule has 1 aromatic heterocycles. The maximum Gasteiger partial charge on any atom is 0.137 e. The molecule has 0 unspecified atom stereocenters. The van der Waals surface area contributed by atoms with Gasteiger partial charge in [0.15, 0.2) is 0 Å². The summed E-state index contributed by atoms with van der Waals surface area (Å²) in [6, 6.07) is 3.82. The second kappa shape index (κ2) is 4.18. The van der Waals surface area contributed by atoms with Gasteiger partial charge in [-0.05, 0) is 31.5 Å². The first-order valence-electron chi connectivity index (χ1n) is 4.98. The molecule has 0 aliphatic rings. The van der Waals surface area contributed by atoms with Crippen molar-refractivity contribution < 1.29 is 4.74 Å². The molecule has 1 N–H and O–H groups in total. The summed E-state index contributed by atoms with van der Waals surface area (Å²) < 4.78 is 5.16. The third kappa shape index (κ3) is 1.91. The normalized spacial score (nSPS) is 10.5. The fourth-order valence-corrected chi connectivity index (χ4v) is 1.90. The molecule has 16 heavy (non-hydrogen) atoms. The summed E-state index contributed by atoms with van der Waals surface area (Å²) in [7, 11) is 1.61. The first-order chi connectivity index (χ1) is 7.61. The number of nitrogens with zero attached hydrogens (tertiary/aromatic N) is 1. The van der Waals surface area contributed by atoms with E-state index in [2.05, 4.69) is 9.97 Å². The zero-order valence-corrected chi connectivity index (χ0v) is 10.2. The van der Waals surface area contributed by atoms with E-state index in [9.17, 15) is 0 Å². The van der Waals surface area contributed by atoms with Crippen LogP contribution in [0.5, 0.6) is 5.75 Å². The van der Waals surface area contributed by atoms with Crippen molar-refractivity contribution in [2.75, 3.05) is 7.11 Å². The highest BCUT2D eigenvalue weighted by Gasteiger charge is 2.09. The van der Waals surface area contributed by atoms with Crippen LogP contribution in [0.4, 0.5) is 0 Å². The van der Waals surface area contributed by atoms with E-state index in [0.717, 1.165) is 22.6 Å². The van der Waals surface area contributed by atoms with Crippen molar-refractivity contribution in [3.05, 3.63) is 34.7 Å². The van der Waals surface area contributed by atoms with Crippen LogP contribution in [-0.4, -0.2) is 17.1 Å². The number of aromatic amines is 1. The van der Waals surface area contributed by atoms with E-state index >= 15 is 0 Å². The van der Waals surface area contributed by atoms with E-state index < -0.39 is 0 Å². The van der Waals surface area contributed by atoms with Crippen LogP contribution in [-0.2, 0) is 0 Å². The highest BCUT2D eigenvalue weighted by Crippen LogP contribution is 2.32. The Morgan fingerprint density at radius 3 is 2.62 bits per heavy atom. The van der Waals surface area contributed by atoms with Crippen LogP contribution in [0.1, 0.15) is 11.4 Å². The van der Waals surface area contributed by atoms with Gasteiger partial charge in [-0.3, -0.25) is 0 Å². The van der Waals surface area contributed by atoms with Gasteiger partial charge in [0.25, 0.3) is 0 Å². The Kier molecular flexibility index (Phi) is 2.88. The van der Waals surface area contributed by atoms with Gasteiger partial charge in [0.1, 0.15) is 11.6 Å². The average Bonchev–Trinajstić information content (AvgIpc) is 2.67. The molecule has 0 atom stereocenters. The molecule has 2 rings (SSSR count). The number of aromatic nitrogens is 2. The van der Waals surface area contributed by atoms with Gasteiger partial charge in [0, 0.05) is 5.56 Å². The Bertz CT molecular complexity index is 520. The molecule has 0 saturated carbocycles. The molecule has 1 aromatic carbocycles. The van der Waals surface area contributed by atoms with Crippen molar-refractivity contribution in [3.63, 3.8) is 0 Å². The summed E-state index contributed by atoms with van der Waals surface area (Å²) in [4.78, 5) is 7.36. The Balaban J connectivity index is 2.54. The van der Waals surface area contributed by atoms with Crippen LogP contribution in [0.25, 0.3) is 11.3 Å². The summed E-state index contributed by atoms with van der Waals surface area (Å²) >= 11 is 6.10. The monoisotopic (exact) mass is 236 g/mol. The third-order valence-electron chi connectivity index (χ3n) is 2.49. The van der Waals surface area contributed by atoms with Crippen LogP contribution in [0, 0.1) is 13.8 Å². The number of benzene rings is 1. The summed E-state index contributed by atoms with van der Waals surface area (Å²) in [5.41, 5.74) is 3.12. The fourth-order valence-electron chi connectivity index (χ4n) is 1.66. The lowest BCUT2D eigenvalue weighted by Crippen LogP contribution is -1.89. The van der Waals surface area contributed by atoms with Crippen LogP contribution >= 0.6 is 11.6 Å². The fraction of sp³-hybridized carbons (Fsp3) is 0.250. The summed E-state index contributed by atoms with van der Waals surface area (Å²) in [6.07, 6.45) is 1.81. The van der Waals surface area contributed by atoms with Crippen molar-refractivity contribution in [1.82, 2.24) is 9.97 Å². The Hall–Kier alpha value is -1.48. The Labute approximate surface area is 99.4 Å². The van der Waals surface area contributed by atoms with Crippen LogP contribution in [0.15, 0.2) is 18.3 Å². The lowest BCUT2D eigenvalue weighted by Gasteiger charge is -2.08. The molecule has 0 radical (unpaired) electrons. The molecule has 0 bridgehead atoms. The molecule has 0 fully saturated rings. The van der Waals surface area contributed by atoms with Gasteiger partial charge < -0.3 is 9.72 Å². The lowest BCUT2D eigenvalue weighted by atomic mass is 10.1. The minimum absolute atomic E-state index is 0.607. The van der Waals surface area contributed by atoms with Crippen molar-refractivity contribution in [1.29, 1.82) is 0 Å². The SMILES string of the molecule is COc1cc(C)c(-c2cnc(C)[nH]2)cc1Cl. The molecular weight excluding hydrogens is 224 g/mol. The van der Waals surface area contributed by atoms with Gasteiger partial charge in [-0.1, -0.05) is 11.6 Å². The number of hydrogen-bond donors (Lipinski definition) is 1. The van der Waals surface area contributed by atoms with Gasteiger partial charge in [-0.15, -0.1) is 0 Å². The Morgan fingerprint density at radius 1 is 1.31 bits per heavy atom. The van der Waals surface area contributed by atoms with Crippen LogP contribution < -0.4 is 4.74 Å². The quantitative estimate of drug-likeness (QED) is 0.868. The second-order valence-electron chi connectivity index (χ2n) is 3.68. The molecule has 84 valence electrons. The van der Waals surface area contributed by atoms with Crippen molar-refractivity contribution in [3.8, 4) is 17.0 Å². The molecule has 0 spiro atoms. The molecule has 3 nitrogen and oxygen atoms in total. The molecule has 2 aromatic rings. The standard InChI is InChI=1S/C12H13ClN2O/c1-7-4-12(16-3)10(13)5-9(7)11-6-14-8(2)15-11/h4-6H,1-3H3,(H,14,15). The van der Waals surface area contributed by atoms with Crippen molar-refractivity contribution >= 4 is 11.6 Å². The minimum Gasteiger partial charge on any atom is -0.495 e. The van der Waals surface area contributed by atoms with Gasteiger partial charge in [0.2, 0.25) is 0 Å². The van der Waals surface area contributed by atoms with Crippen LogP contribution in [0.2, 0.25) is 5.02 Å². The third-order valence-corrected chi connectivity index (χ3v) is 2.79. The first-order valence-corrected chi connectivity index (χ1v) is 5.35. The van der Waals surface area contributed by atoms with E-state index in [1.165, 1.54) is 0 Å². The van der Waals surface area contributed by atoms with E-state index in [1.54, 1.807) is 13.3 Å². The zero-order chi connectivity index (χ0) is 11.7. The first kappa shape index (κ1) is 11.0. The van der Waals surface area contributed by atoms with Gasteiger partial charge in [0.05, 0.1) is 24.0 Å². The number of rotatable bonds is 2. The average molecular weight is 237 g/mol. The summed E-state index contributed by atoms with van der Waals surface area (Å²) in [5.74, 6) is 1.58. The smallest absolute Gasteiger partial charge is 0.137 e. The molecule has 1 heterocycles. The Morgan fingerprint density at radius 2 is 2.06 bits per heavy atom. The van der Waals surface area contributed by atoms with E-state index in [-0.39, 0.29) is 0 Å². The largest absolute Gasteiger partial charge is 0.495 e. The molecule has 0 aliphatic carbocycles. The highest BCUT2D eigenvalue weighted by molar-refractivity contribution is 6.32. The number of halogens is 1. The number of imidazole rings is 1. The number of nitrogens with one attached hydrogen (secondary N) is 1. The van der Waals surface area contributed by atoms with Crippen molar-refractivity contribution in [2.45, 2.75) is 13.8 Å². The maximum absolute atomic E-state index is 6.10. The van der Waals surface area contributed by atoms with E-state index in [4.69, 9.17) is 16.3 Å². The second-order valence-corrected chi connectivity index (χ2v) is 4.09. The predicted octanol–water partition coefficient (Wildman–Crippen LogP) is 3.36. The highest BCUT2D eigenvalue weighted by atomic mass is 35.5. The molecule has 0 saturated heterocycles. The minimum atomic E-state index is 0.607. The van der Waals surface area contributed by atoms with Crippen LogP contribution in [0.3, 0.4) is 0 Å².